The summed E-state index contributed by atoms with van der Waals surface area (Å²) in [5, 5.41) is 16.2. The number of nitrogens with one attached hydrogen (secondary N) is 1. The molecule has 0 bridgehead atoms. The second-order valence-corrected chi connectivity index (χ2v) is 6.89. The van der Waals surface area contributed by atoms with Crippen LogP contribution in [0.15, 0.2) is 29.8 Å². The number of aliphatic hydroxyl groups excluding tert-OH is 1. The number of ether oxygens (including phenoxy) is 2. The number of azide groups is 1. The first-order chi connectivity index (χ1) is 13.1. The Balaban J connectivity index is 2.24. The third-order valence-corrected chi connectivity index (χ3v) is 4.56. The van der Waals surface area contributed by atoms with E-state index in [1.807, 2.05) is 0 Å². The molecule has 1 amide bonds. The monoisotopic (exact) mass is 398 g/mol. The van der Waals surface area contributed by atoms with Gasteiger partial charge in [0.15, 0.2) is 12.4 Å². The summed E-state index contributed by atoms with van der Waals surface area (Å²) in [7, 11) is 0. The molecule has 11 nitrogen and oxygen atoms in total. The van der Waals surface area contributed by atoms with Crippen LogP contribution in [0.5, 0.6) is 0 Å². The second kappa shape index (κ2) is 8.57. The number of hydrogen-bond acceptors (Lipinski definition) is 8. The Labute approximate surface area is 160 Å². The highest BCUT2D eigenvalue weighted by atomic mass is 19.1. The van der Waals surface area contributed by atoms with Crippen molar-refractivity contribution < 1.29 is 28.6 Å². The number of carbonyl (C=O) groups excluding carboxylic acids is 2. The first-order valence-electron chi connectivity index (χ1n) is 8.52. The molecule has 0 spiro atoms. The van der Waals surface area contributed by atoms with Crippen molar-refractivity contribution in [3.63, 3.8) is 0 Å². The molecular formula is C16H23FN6O5. The maximum atomic E-state index is 14.9. The van der Waals surface area contributed by atoms with E-state index in [1.54, 1.807) is 13.8 Å². The molecule has 2 rings (SSSR count). The molecule has 0 radical (unpaired) electrons. The van der Waals surface area contributed by atoms with Gasteiger partial charge in [-0.3, -0.25) is 9.59 Å². The van der Waals surface area contributed by atoms with Crippen molar-refractivity contribution in [3.8, 4) is 0 Å². The SMILES string of the molecule is C=C1NC(=O)C=CN1[C@@H]1O[C@](CN=[N+]=[N-])(COC(=O)C(N)C(C)C)[C@@H](O)[C@H]1F. The lowest BCUT2D eigenvalue weighted by Gasteiger charge is -2.34. The molecule has 0 saturated carbocycles. The van der Waals surface area contributed by atoms with E-state index in [2.05, 4.69) is 21.9 Å². The summed E-state index contributed by atoms with van der Waals surface area (Å²) < 4.78 is 25.7. The fourth-order valence-corrected chi connectivity index (χ4v) is 2.77. The summed E-state index contributed by atoms with van der Waals surface area (Å²) in [6.07, 6.45) is -2.79. The summed E-state index contributed by atoms with van der Waals surface area (Å²) in [5.41, 5.74) is 12.5. The summed E-state index contributed by atoms with van der Waals surface area (Å²) in [4.78, 5) is 27.2. The van der Waals surface area contributed by atoms with Gasteiger partial charge in [0.25, 0.3) is 5.91 Å². The first kappa shape index (κ1) is 21.6. The van der Waals surface area contributed by atoms with Gasteiger partial charge >= 0.3 is 5.97 Å². The molecule has 1 fully saturated rings. The van der Waals surface area contributed by atoms with Crippen molar-refractivity contribution in [1.82, 2.24) is 10.2 Å². The van der Waals surface area contributed by atoms with Crippen molar-refractivity contribution in [2.75, 3.05) is 13.2 Å². The fourth-order valence-electron chi connectivity index (χ4n) is 2.77. The van der Waals surface area contributed by atoms with Gasteiger partial charge in [0.2, 0.25) is 0 Å². The predicted octanol–water partition coefficient (Wildman–Crippen LogP) is 0.0340. The van der Waals surface area contributed by atoms with E-state index in [1.165, 1.54) is 11.1 Å². The molecule has 28 heavy (non-hydrogen) atoms. The van der Waals surface area contributed by atoms with E-state index in [4.69, 9.17) is 20.7 Å². The quantitative estimate of drug-likeness (QED) is 0.236. The maximum Gasteiger partial charge on any atom is 0.323 e. The number of aliphatic hydroxyl groups is 1. The topological polar surface area (TPSA) is 163 Å². The highest BCUT2D eigenvalue weighted by Crippen LogP contribution is 2.37. The van der Waals surface area contributed by atoms with Gasteiger partial charge < -0.3 is 30.5 Å². The smallest absolute Gasteiger partial charge is 0.323 e. The lowest BCUT2D eigenvalue weighted by molar-refractivity contribution is -0.168. The highest BCUT2D eigenvalue weighted by Gasteiger charge is 2.57. The Morgan fingerprint density at radius 1 is 1.68 bits per heavy atom. The van der Waals surface area contributed by atoms with Gasteiger partial charge in [-0.05, 0) is 11.4 Å². The van der Waals surface area contributed by atoms with E-state index in [-0.39, 0.29) is 11.7 Å². The largest absolute Gasteiger partial charge is 0.461 e. The van der Waals surface area contributed by atoms with Crippen LogP contribution in [0.25, 0.3) is 10.4 Å². The van der Waals surface area contributed by atoms with Crippen LogP contribution < -0.4 is 11.1 Å². The number of alkyl halides is 1. The Kier molecular flexibility index (Phi) is 6.62. The predicted molar refractivity (Wildman–Crippen MR) is 94.6 cm³/mol. The van der Waals surface area contributed by atoms with Gasteiger partial charge in [-0.25, -0.2) is 4.39 Å². The van der Waals surface area contributed by atoms with Gasteiger partial charge in [-0.1, -0.05) is 25.5 Å². The number of halogens is 1. The first-order valence-corrected chi connectivity index (χ1v) is 8.52. The van der Waals surface area contributed by atoms with Crippen LogP contribution in [0.3, 0.4) is 0 Å². The standard InChI is InChI=1S/C16H23FN6O5/c1-8(2)12(18)15(26)27-7-16(6-20-22-19)13(25)11(17)14(28-16)23-5-4-10(24)21-9(23)3/h4-5,8,11-14,25H,3,6-7,18H2,1-2H3,(H,21,24)/t11-,12?,13+,14-,16-/m1/s1. The minimum atomic E-state index is -1.98. The molecule has 0 aliphatic carbocycles. The molecule has 5 atom stereocenters. The molecular weight excluding hydrogens is 375 g/mol. The van der Waals surface area contributed by atoms with Gasteiger partial charge in [-0.2, -0.15) is 0 Å². The zero-order valence-electron chi connectivity index (χ0n) is 15.5. The van der Waals surface area contributed by atoms with Gasteiger partial charge in [0.1, 0.15) is 30.2 Å². The van der Waals surface area contributed by atoms with Crippen LogP contribution in [0.1, 0.15) is 13.8 Å². The van der Waals surface area contributed by atoms with Gasteiger partial charge in [0, 0.05) is 17.2 Å². The zero-order valence-corrected chi connectivity index (χ0v) is 15.5. The van der Waals surface area contributed by atoms with E-state index in [0.717, 1.165) is 6.08 Å². The minimum Gasteiger partial charge on any atom is -0.461 e. The van der Waals surface area contributed by atoms with Crippen LogP contribution in [0.2, 0.25) is 0 Å². The Hall–Kier alpha value is -2.66. The van der Waals surface area contributed by atoms with Gasteiger partial charge in [-0.15, -0.1) is 0 Å². The van der Waals surface area contributed by atoms with Crippen LogP contribution in [0.4, 0.5) is 4.39 Å². The Morgan fingerprint density at radius 3 is 2.93 bits per heavy atom. The molecule has 0 aromatic rings. The third-order valence-electron chi connectivity index (χ3n) is 4.56. The molecule has 2 aliphatic heterocycles. The average Bonchev–Trinajstić information content (AvgIpc) is 2.89. The molecule has 4 N–H and O–H groups in total. The van der Waals surface area contributed by atoms with Crippen molar-refractivity contribution >= 4 is 11.9 Å². The van der Waals surface area contributed by atoms with Crippen LogP contribution in [-0.2, 0) is 19.1 Å². The Bertz CT molecular complexity index is 724. The van der Waals surface area contributed by atoms with Crippen LogP contribution in [-0.4, -0.2) is 65.2 Å². The van der Waals surface area contributed by atoms with E-state index in [9.17, 15) is 19.1 Å². The number of hydrogen-bond donors (Lipinski definition) is 3. The molecule has 154 valence electrons. The number of nitrogens with two attached hydrogens (primary N) is 1. The molecule has 1 saturated heterocycles. The summed E-state index contributed by atoms with van der Waals surface area (Å²) in [5.74, 6) is -1.39. The second-order valence-electron chi connectivity index (χ2n) is 6.89. The van der Waals surface area contributed by atoms with Crippen molar-refractivity contribution in [3.05, 3.63) is 35.1 Å². The van der Waals surface area contributed by atoms with Crippen LogP contribution in [0, 0.1) is 5.92 Å². The molecule has 1 unspecified atom stereocenters. The Morgan fingerprint density at radius 2 is 2.36 bits per heavy atom. The number of nitrogens with zero attached hydrogens (tertiary/aromatic N) is 4. The van der Waals surface area contributed by atoms with Crippen molar-refractivity contribution in [2.45, 2.75) is 44.0 Å². The highest BCUT2D eigenvalue weighted by molar-refractivity contribution is 5.89. The minimum absolute atomic E-state index is 0.0331. The van der Waals surface area contributed by atoms with Crippen molar-refractivity contribution in [2.24, 2.45) is 16.8 Å². The summed E-state index contributed by atoms with van der Waals surface area (Å²) >= 11 is 0. The number of carbonyl (C=O) groups is 2. The normalized spacial score (nSPS) is 30.8. The third kappa shape index (κ3) is 4.25. The maximum absolute atomic E-state index is 14.9. The average molecular weight is 398 g/mol. The zero-order chi connectivity index (χ0) is 21.1. The van der Waals surface area contributed by atoms with E-state index in [0.29, 0.717) is 0 Å². The summed E-state index contributed by atoms with van der Waals surface area (Å²) in [6, 6.07) is -0.924. The van der Waals surface area contributed by atoms with Gasteiger partial charge in [0.05, 0.1) is 6.54 Å². The molecule has 0 aromatic carbocycles. The van der Waals surface area contributed by atoms with E-state index < -0.39 is 55.2 Å². The lowest BCUT2D eigenvalue weighted by Crippen LogP contribution is -2.50. The fraction of sp³-hybridized carbons (Fsp3) is 0.625. The molecule has 2 aliphatic rings. The van der Waals surface area contributed by atoms with Crippen molar-refractivity contribution in [1.29, 1.82) is 0 Å². The molecule has 2 heterocycles. The number of rotatable bonds is 7. The lowest BCUT2D eigenvalue weighted by atomic mass is 9.96. The molecule has 0 aromatic heterocycles. The number of amides is 1. The summed E-state index contributed by atoms with van der Waals surface area (Å²) in [6.45, 7) is 5.97. The van der Waals surface area contributed by atoms with E-state index >= 15 is 0 Å². The number of esters is 1. The molecule has 12 heteroatoms. The van der Waals surface area contributed by atoms with Crippen LogP contribution >= 0.6 is 0 Å².